The van der Waals surface area contributed by atoms with E-state index in [2.05, 4.69) is 41.9 Å². The Morgan fingerprint density at radius 1 is 1.37 bits per heavy atom. The summed E-state index contributed by atoms with van der Waals surface area (Å²) in [5.41, 5.74) is 0.860. The minimum atomic E-state index is -0.875. The fourth-order valence-corrected chi connectivity index (χ4v) is 3.35. The maximum atomic E-state index is 10.6. The van der Waals surface area contributed by atoms with E-state index in [1.807, 2.05) is 18.2 Å². The smallest absolute Gasteiger partial charge is 0.313 e. The SMILES string of the molecule is Cn1nc(-c2cc(Br)cc(Br)c2)nc1SCC(=O)O. The molecule has 1 N–H and O–H groups in total. The highest BCUT2D eigenvalue weighted by Gasteiger charge is 2.12. The van der Waals surface area contributed by atoms with Gasteiger partial charge in [0.05, 0.1) is 5.75 Å². The average Bonchev–Trinajstić information content (AvgIpc) is 2.67. The van der Waals surface area contributed by atoms with Crippen molar-refractivity contribution in [3.63, 3.8) is 0 Å². The van der Waals surface area contributed by atoms with Crippen molar-refractivity contribution in [2.75, 3.05) is 5.75 Å². The molecule has 0 atom stereocenters. The van der Waals surface area contributed by atoms with Gasteiger partial charge < -0.3 is 5.11 Å². The maximum Gasteiger partial charge on any atom is 0.313 e. The molecule has 2 aromatic rings. The topological polar surface area (TPSA) is 68.0 Å². The molecule has 1 aromatic carbocycles. The summed E-state index contributed by atoms with van der Waals surface area (Å²) in [4.78, 5) is 14.9. The third kappa shape index (κ3) is 3.80. The Kier molecular flexibility index (Phi) is 4.64. The molecule has 0 radical (unpaired) electrons. The standard InChI is InChI=1S/C11H9Br2N3O2S/c1-16-11(19-5-9(17)18)14-10(15-16)6-2-7(12)4-8(13)3-6/h2-4H,5H2,1H3,(H,17,18). The van der Waals surface area contributed by atoms with Gasteiger partial charge in [0.15, 0.2) is 11.0 Å². The molecule has 0 saturated heterocycles. The molecular formula is C11H9Br2N3O2S. The lowest BCUT2D eigenvalue weighted by molar-refractivity contribution is -0.133. The van der Waals surface area contributed by atoms with E-state index in [1.165, 1.54) is 0 Å². The van der Waals surface area contributed by atoms with Crippen molar-refractivity contribution in [2.24, 2.45) is 7.05 Å². The molecular weight excluding hydrogens is 398 g/mol. The van der Waals surface area contributed by atoms with E-state index in [4.69, 9.17) is 5.11 Å². The van der Waals surface area contributed by atoms with Crippen LogP contribution < -0.4 is 0 Å². The third-order valence-corrected chi connectivity index (χ3v) is 4.09. The molecule has 0 aliphatic heterocycles. The van der Waals surface area contributed by atoms with Gasteiger partial charge in [0.1, 0.15) is 0 Å². The quantitative estimate of drug-likeness (QED) is 0.789. The molecule has 2 rings (SSSR count). The van der Waals surface area contributed by atoms with Crippen LogP contribution in [0, 0.1) is 0 Å². The molecule has 8 heteroatoms. The van der Waals surface area contributed by atoms with Crippen LogP contribution in [-0.2, 0) is 11.8 Å². The van der Waals surface area contributed by atoms with Crippen molar-refractivity contribution < 1.29 is 9.90 Å². The van der Waals surface area contributed by atoms with Gasteiger partial charge in [-0.25, -0.2) is 9.67 Å². The van der Waals surface area contributed by atoms with Crippen molar-refractivity contribution in [3.05, 3.63) is 27.1 Å². The second-order valence-corrected chi connectivity index (χ2v) is 6.46. The van der Waals surface area contributed by atoms with E-state index in [1.54, 1.807) is 11.7 Å². The fourth-order valence-electron chi connectivity index (χ4n) is 1.43. The van der Waals surface area contributed by atoms with Crippen LogP contribution in [0.1, 0.15) is 0 Å². The third-order valence-electron chi connectivity index (χ3n) is 2.17. The summed E-state index contributed by atoms with van der Waals surface area (Å²) in [6.45, 7) is 0. The largest absolute Gasteiger partial charge is 0.481 e. The van der Waals surface area contributed by atoms with Crippen molar-refractivity contribution in [1.29, 1.82) is 0 Å². The number of halogens is 2. The van der Waals surface area contributed by atoms with Gasteiger partial charge in [0, 0.05) is 21.6 Å². The van der Waals surface area contributed by atoms with Gasteiger partial charge in [-0.1, -0.05) is 43.6 Å². The number of carboxylic acids is 1. The number of aromatic nitrogens is 3. The molecule has 0 amide bonds. The van der Waals surface area contributed by atoms with E-state index < -0.39 is 5.97 Å². The molecule has 0 aliphatic carbocycles. The summed E-state index contributed by atoms with van der Waals surface area (Å²) in [5.74, 6) is -0.342. The van der Waals surface area contributed by atoms with Gasteiger partial charge in [-0.2, -0.15) is 5.10 Å². The first-order chi connectivity index (χ1) is 8.95. The van der Waals surface area contributed by atoms with Crippen LogP contribution in [0.3, 0.4) is 0 Å². The Hall–Kier alpha value is -0.860. The first-order valence-corrected chi connectivity index (χ1v) is 7.75. The predicted octanol–water partition coefficient (Wildman–Crippen LogP) is 3.18. The first kappa shape index (κ1) is 14.5. The fraction of sp³-hybridized carbons (Fsp3) is 0.182. The number of aryl methyl sites for hydroxylation is 1. The van der Waals surface area contributed by atoms with Gasteiger partial charge in [0.25, 0.3) is 0 Å². The number of aliphatic carboxylic acids is 1. The van der Waals surface area contributed by atoms with Crippen molar-refractivity contribution in [1.82, 2.24) is 14.8 Å². The van der Waals surface area contributed by atoms with Crippen LogP contribution in [-0.4, -0.2) is 31.6 Å². The summed E-state index contributed by atoms with van der Waals surface area (Å²) in [6, 6.07) is 5.74. The van der Waals surface area contributed by atoms with E-state index in [-0.39, 0.29) is 5.75 Å². The maximum absolute atomic E-state index is 10.6. The number of carbonyl (C=O) groups is 1. The zero-order valence-corrected chi connectivity index (χ0v) is 13.8. The number of benzene rings is 1. The Bertz CT molecular complexity index is 610. The number of rotatable bonds is 4. The lowest BCUT2D eigenvalue weighted by Crippen LogP contribution is -2.00. The number of hydrogen-bond donors (Lipinski definition) is 1. The van der Waals surface area contributed by atoms with Crippen molar-refractivity contribution in [2.45, 2.75) is 5.16 Å². The Morgan fingerprint density at radius 2 is 2.00 bits per heavy atom. The Balaban J connectivity index is 2.30. The molecule has 19 heavy (non-hydrogen) atoms. The molecule has 0 unspecified atom stereocenters. The zero-order chi connectivity index (χ0) is 14.0. The number of hydrogen-bond acceptors (Lipinski definition) is 4. The lowest BCUT2D eigenvalue weighted by Gasteiger charge is -1.98. The minimum Gasteiger partial charge on any atom is -0.481 e. The van der Waals surface area contributed by atoms with Crippen molar-refractivity contribution in [3.8, 4) is 11.4 Å². The lowest BCUT2D eigenvalue weighted by atomic mass is 10.2. The molecule has 0 saturated carbocycles. The Morgan fingerprint density at radius 3 is 2.58 bits per heavy atom. The van der Waals surface area contributed by atoms with E-state index in [0.717, 1.165) is 26.3 Å². The summed E-state index contributed by atoms with van der Waals surface area (Å²) in [6.07, 6.45) is 0. The van der Waals surface area contributed by atoms with E-state index >= 15 is 0 Å². The molecule has 1 aromatic heterocycles. The average molecular weight is 407 g/mol. The second-order valence-electron chi connectivity index (χ2n) is 3.68. The van der Waals surface area contributed by atoms with E-state index in [9.17, 15) is 4.79 Å². The molecule has 0 aliphatic rings. The summed E-state index contributed by atoms with van der Waals surface area (Å²) in [5, 5.41) is 13.5. The van der Waals surface area contributed by atoms with E-state index in [0.29, 0.717) is 11.0 Å². The van der Waals surface area contributed by atoms with Crippen LogP contribution in [0.25, 0.3) is 11.4 Å². The molecule has 0 fully saturated rings. The molecule has 100 valence electrons. The van der Waals surface area contributed by atoms with Crippen LogP contribution in [0.4, 0.5) is 0 Å². The zero-order valence-electron chi connectivity index (χ0n) is 9.80. The summed E-state index contributed by atoms with van der Waals surface area (Å²) in [7, 11) is 1.74. The predicted molar refractivity (Wildman–Crippen MR) is 80.2 cm³/mol. The first-order valence-electron chi connectivity index (χ1n) is 5.18. The van der Waals surface area contributed by atoms with Gasteiger partial charge in [-0.15, -0.1) is 0 Å². The molecule has 5 nitrogen and oxygen atoms in total. The molecule has 0 bridgehead atoms. The van der Waals surface area contributed by atoms with Crippen LogP contribution in [0.15, 0.2) is 32.3 Å². The highest BCUT2D eigenvalue weighted by molar-refractivity contribution is 9.11. The normalized spacial score (nSPS) is 10.7. The Labute approximate surface area is 130 Å². The molecule has 0 spiro atoms. The van der Waals surface area contributed by atoms with Crippen LogP contribution in [0.2, 0.25) is 0 Å². The molecule has 1 heterocycles. The van der Waals surface area contributed by atoms with Gasteiger partial charge in [-0.05, 0) is 18.2 Å². The number of nitrogens with zero attached hydrogens (tertiary/aromatic N) is 3. The monoisotopic (exact) mass is 405 g/mol. The van der Waals surface area contributed by atoms with Gasteiger partial charge in [-0.3, -0.25) is 4.79 Å². The van der Waals surface area contributed by atoms with Crippen molar-refractivity contribution >= 4 is 49.6 Å². The number of thioether (sulfide) groups is 1. The highest BCUT2D eigenvalue weighted by Crippen LogP contribution is 2.27. The summed E-state index contributed by atoms with van der Waals surface area (Å²) >= 11 is 7.97. The number of carboxylic acid groups (broad SMARTS) is 1. The van der Waals surface area contributed by atoms with Crippen LogP contribution in [0.5, 0.6) is 0 Å². The summed E-state index contributed by atoms with van der Waals surface area (Å²) < 4.78 is 3.42. The minimum absolute atomic E-state index is 0.0336. The van der Waals surface area contributed by atoms with Gasteiger partial charge in [0.2, 0.25) is 0 Å². The second kappa shape index (κ2) is 6.06. The highest BCUT2D eigenvalue weighted by atomic mass is 79.9. The van der Waals surface area contributed by atoms with Gasteiger partial charge >= 0.3 is 5.97 Å². The van der Waals surface area contributed by atoms with Crippen LogP contribution >= 0.6 is 43.6 Å².